The smallest absolute Gasteiger partial charge is 0.254 e. The number of hydrogen-bond acceptors (Lipinski definition) is 6. The number of carbonyl (C=O) groups is 1. The number of pyridine rings is 1. The highest BCUT2D eigenvalue weighted by Gasteiger charge is 2.16. The number of rotatable bonds is 6. The number of nitrogens with two attached hydrogens (primary N) is 1. The van der Waals surface area contributed by atoms with Gasteiger partial charge in [0, 0.05) is 19.6 Å². The number of amides is 1. The van der Waals surface area contributed by atoms with Crippen LogP contribution in [0.4, 0.5) is 4.39 Å². The first kappa shape index (κ1) is 20.8. The number of aromatic hydroxyl groups is 1. The van der Waals surface area contributed by atoms with Crippen molar-refractivity contribution in [2.75, 3.05) is 26.3 Å². The maximum atomic E-state index is 13.6. The number of ether oxygens (including phenoxy) is 2. The van der Waals surface area contributed by atoms with Crippen molar-refractivity contribution in [3.8, 4) is 28.5 Å². The van der Waals surface area contributed by atoms with Gasteiger partial charge < -0.3 is 20.3 Å². The molecule has 1 amide bonds. The molecule has 0 spiro atoms. The van der Waals surface area contributed by atoms with Crippen molar-refractivity contribution < 1.29 is 23.8 Å². The maximum absolute atomic E-state index is 13.6. The van der Waals surface area contributed by atoms with Gasteiger partial charge in [-0.25, -0.2) is 0 Å². The van der Waals surface area contributed by atoms with Gasteiger partial charge in [0.05, 0.1) is 13.2 Å². The van der Waals surface area contributed by atoms with Crippen LogP contribution in [0.3, 0.4) is 0 Å². The van der Waals surface area contributed by atoms with Gasteiger partial charge in [-0.1, -0.05) is 18.2 Å². The van der Waals surface area contributed by atoms with Crippen LogP contribution in [0.15, 0.2) is 54.6 Å². The van der Waals surface area contributed by atoms with Gasteiger partial charge in [-0.15, -0.1) is 0 Å². The van der Waals surface area contributed by atoms with Crippen LogP contribution in [0.5, 0.6) is 17.4 Å². The first-order valence-electron chi connectivity index (χ1n) is 9.86. The Morgan fingerprint density at radius 3 is 2.74 bits per heavy atom. The maximum Gasteiger partial charge on any atom is 0.254 e. The minimum Gasteiger partial charge on any atom is -0.508 e. The molecule has 1 aliphatic rings. The second kappa shape index (κ2) is 9.11. The van der Waals surface area contributed by atoms with Crippen LogP contribution in [0, 0.1) is 5.95 Å². The fourth-order valence-corrected chi connectivity index (χ4v) is 3.51. The fraction of sp³-hybridized carbons (Fsp3) is 0.217. The first-order valence-corrected chi connectivity index (χ1v) is 9.86. The summed E-state index contributed by atoms with van der Waals surface area (Å²) in [5.41, 5.74) is 8.07. The van der Waals surface area contributed by atoms with Crippen molar-refractivity contribution in [3.05, 3.63) is 71.7 Å². The molecule has 0 unspecified atom stereocenters. The number of carbonyl (C=O) groups excluding carboxylic acids is 1. The summed E-state index contributed by atoms with van der Waals surface area (Å²) in [6.45, 7) is 3.66. The van der Waals surface area contributed by atoms with Crippen LogP contribution in [-0.4, -0.2) is 47.2 Å². The molecular formula is C23H22FN3O4. The summed E-state index contributed by atoms with van der Waals surface area (Å²) in [6, 6.07) is 14.7. The number of nitrogens with zero attached hydrogens (tertiary/aromatic N) is 2. The van der Waals surface area contributed by atoms with E-state index in [9.17, 15) is 14.3 Å². The molecule has 2 heterocycles. The van der Waals surface area contributed by atoms with Crippen LogP contribution in [0.25, 0.3) is 11.1 Å². The lowest BCUT2D eigenvalue weighted by Crippen LogP contribution is -2.35. The van der Waals surface area contributed by atoms with E-state index in [1.807, 2.05) is 12.1 Å². The Morgan fingerprint density at radius 1 is 1.16 bits per heavy atom. The zero-order valence-electron chi connectivity index (χ0n) is 16.8. The summed E-state index contributed by atoms with van der Waals surface area (Å²) in [4.78, 5) is 17.5. The number of benzene rings is 2. The highest BCUT2D eigenvalue weighted by Crippen LogP contribution is 2.32. The summed E-state index contributed by atoms with van der Waals surface area (Å²) in [5.74, 6) is -1.16. The molecule has 2 aromatic carbocycles. The van der Waals surface area contributed by atoms with Gasteiger partial charge >= 0.3 is 0 Å². The lowest BCUT2D eigenvalue weighted by Gasteiger charge is -2.27. The van der Waals surface area contributed by atoms with Crippen molar-refractivity contribution in [3.63, 3.8) is 0 Å². The topological polar surface area (TPSA) is 97.9 Å². The predicted molar refractivity (Wildman–Crippen MR) is 112 cm³/mol. The number of hydrogen-bond donors (Lipinski definition) is 2. The lowest BCUT2D eigenvalue weighted by molar-refractivity contribution is 0.0342. The zero-order valence-corrected chi connectivity index (χ0v) is 16.8. The highest BCUT2D eigenvalue weighted by atomic mass is 19.1. The van der Waals surface area contributed by atoms with Crippen molar-refractivity contribution in [1.29, 1.82) is 0 Å². The molecule has 7 nitrogen and oxygen atoms in total. The minimum absolute atomic E-state index is 0.00978. The Kier molecular flexibility index (Phi) is 6.11. The average Bonchev–Trinajstić information content (AvgIpc) is 2.75. The summed E-state index contributed by atoms with van der Waals surface area (Å²) < 4.78 is 24.7. The molecule has 0 radical (unpaired) electrons. The van der Waals surface area contributed by atoms with E-state index in [4.69, 9.17) is 15.2 Å². The van der Waals surface area contributed by atoms with Crippen molar-refractivity contribution in [1.82, 2.24) is 9.88 Å². The molecule has 0 aliphatic carbocycles. The standard InChI is InChI=1S/C23H22FN3O4/c24-21-7-6-20(22(25)29)23(26-21)31-18-3-1-2-15(13-18)19-5-4-17(28)12-16(19)14-27-8-10-30-11-9-27/h1-7,12-13,28H,8-11,14H2,(H2,25,29). The summed E-state index contributed by atoms with van der Waals surface area (Å²) >= 11 is 0. The fourth-order valence-electron chi connectivity index (χ4n) is 3.51. The Bertz CT molecular complexity index is 1100. The molecule has 3 aromatic rings. The second-order valence-corrected chi connectivity index (χ2v) is 7.21. The van der Waals surface area contributed by atoms with E-state index in [-0.39, 0.29) is 17.2 Å². The Balaban J connectivity index is 1.65. The summed E-state index contributed by atoms with van der Waals surface area (Å²) in [6.07, 6.45) is 0. The highest BCUT2D eigenvalue weighted by molar-refractivity contribution is 5.95. The third kappa shape index (κ3) is 4.99. The monoisotopic (exact) mass is 423 g/mol. The van der Waals surface area contributed by atoms with Crippen LogP contribution < -0.4 is 10.5 Å². The van der Waals surface area contributed by atoms with Gasteiger partial charge in [0.25, 0.3) is 5.91 Å². The average molecular weight is 423 g/mol. The van der Waals surface area contributed by atoms with Crippen LogP contribution in [0.1, 0.15) is 15.9 Å². The van der Waals surface area contributed by atoms with Crippen molar-refractivity contribution in [2.24, 2.45) is 5.73 Å². The number of morpholine rings is 1. The molecule has 31 heavy (non-hydrogen) atoms. The number of halogens is 1. The molecule has 8 heteroatoms. The molecule has 0 bridgehead atoms. The molecule has 4 rings (SSSR count). The molecule has 1 aliphatic heterocycles. The Hall–Kier alpha value is -3.49. The van der Waals surface area contributed by atoms with Crippen molar-refractivity contribution in [2.45, 2.75) is 6.54 Å². The molecule has 1 aromatic heterocycles. The van der Waals surface area contributed by atoms with Gasteiger partial charge in [-0.3, -0.25) is 9.69 Å². The SMILES string of the molecule is NC(=O)c1ccc(F)nc1Oc1cccc(-c2ccc(O)cc2CN2CCOCC2)c1. The van der Waals surface area contributed by atoms with Crippen LogP contribution in [0.2, 0.25) is 0 Å². The molecule has 1 fully saturated rings. The van der Waals surface area contributed by atoms with E-state index in [0.717, 1.165) is 35.8 Å². The normalized spacial score (nSPS) is 14.4. The van der Waals surface area contributed by atoms with E-state index in [2.05, 4.69) is 9.88 Å². The van der Waals surface area contributed by atoms with Crippen molar-refractivity contribution >= 4 is 5.91 Å². The van der Waals surface area contributed by atoms with Crippen LogP contribution in [-0.2, 0) is 11.3 Å². The van der Waals surface area contributed by atoms with E-state index in [1.165, 1.54) is 6.07 Å². The largest absolute Gasteiger partial charge is 0.508 e. The van der Waals surface area contributed by atoms with E-state index >= 15 is 0 Å². The number of phenolic OH excluding ortho intramolecular Hbond substituents is 1. The molecule has 1 saturated heterocycles. The third-order valence-electron chi connectivity index (χ3n) is 5.04. The van der Waals surface area contributed by atoms with Crippen LogP contribution >= 0.6 is 0 Å². The molecule has 3 N–H and O–H groups in total. The molecule has 0 atom stereocenters. The number of aromatic nitrogens is 1. The van der Waals surface area contributed by atoms with E-state index in [0.29, 0.717) is 25.5 Å². The Labute approximate surface area is 178 Å². The van der Waals surface area contributed by atoms with Gasteiger partial charge in [0.2, 0.25) is 11.8 Å². The quantitative estimate of drug-likeness (QED) is 0.591. The number of primary amides is 1. The third-order valence-corrected chi connectivity index (χ3v) is 5.04. The summed E-state index contributed by atoms with van der Waals surface area (Å²) in [7, 11) is 0. The Morgan fingerprint density at radius 2 is 1.97 bits per heavy atom. The van der Waals surface area contributed by atoms with E-state index in [1.54, 1.807) is 30.3 Å². The van der Waals surface area contributed by atoms with Gasteiger partial charge in [-0.2, -0.15) is 9.37 Å². The molecular weight excluding hydrogens is 401 g/mol. The van der Waals surface area contributed by atoms with E-state index < -0.39 is 11.9 Å². The molecule has 160 valence electrons. The first-order chi connectivity index (χ1) is 15.0. The molecule has 0 saturated carbocycles. The second-order valence-electron chi connectivity index (χ2n) is 7.21. The lowest BCUT2D eigenvalue weighted by atomic mass is 9.98. The zero-order chi connectivity index (χ0) is 21.8. The predicted octanol–water partition coefficient (Wildman–Crippen LogP) is 3.32. The summed E-state index contributed by atoms with van der Waals surface area (Å²) in [5, 5.41) is 10.0. The minimum atomic E-state index is -0.775. The van der Waals surface area contributed by atoms with Gasteiger partial charge in [0.15, 0.2) is 0 Å². The van der Waals surface area contributed by atoms with Gasteiger partial charge in [0.1, 0.15) is 17.1 Å². The van der Waals surface area contributed by atoms with Gasteiger partial charge in [-0.05, 0) is 53.1 Å². The number of phenols is 1.